The monoisotopic (exact) mass is 316 g/mol. The number of amides is 1. The molecule has 2 unspecified atom stereocenters. The number of nitrogens with one attached hydrogen (secondary N) is 1. The van der Waals surface area contributed by atoms with Crippen molar-refractivity contribution >= 4 is 5.91 Å². The Morgan fingerprint density at radius 1 is 1.26 bits per heavy atom. The number of nitrogens with zero attached hydrogens (tertiary/aromatic N) is 1. The maximum atomic E-state index is 13.0. The highest BCUT2D eigenvalue weighted by atomic mass is 16.3. The van der Waals surface area contributed by atoms with Gasteiger partial charge in [0.05, 0.1) is 6.54 Å². The molecule has 0 radical (unpaired) electrons. The lowest BCUT2D eigenvalue weighted by molar-refractivity contribution is -0.138. The maximum absolute atomic E-state index is 13.0. The molecule has 0 spiro atoms. The number of hydrogen-bond acceptors (Lipinski definition) is 3. The largest absolute Gasteiger partial charge is 0.464 e. The van der Waals surface area contributed by atoms with E-state index in [0.29, 0.717) is 30.5 Å². The molecule has 23 heavy (non-hydrogen) atoms. The molecule has 1 N–H and O–H groups in total. The van der Waals surface area contributed by atoms with Crippen molar-refractivity contribution < 1.29 is 9.21 Å². The third-order valence-corrected chi connectivity index (χ3v) is 5.73. The zero-order valence-electron chi connectivity index (χ0n) is 14.3. The number of furan rings is 1. The van der Waals surface area contributed by atoms with Crippen LogP contribution >= 0.6 is 0 Å². The summed E-state index contributed by atoms with van der Waals surface area (Å²) in [7, 11) is 0. The van der Waals surface area contributed by atoms with Crippen molar-refractivity contribution in [2.45, 2.75) is 70.5 Å². The minimum Gasteiger partial charge on any atom is -0.464 e. The second kappa shape index (κ2) is 5.97. The number of piperidine rings is 1. The Hall–Kier alpha value is -1.29. The van der Waals surface area contributed by atoms with Crippen LogP contribution in [0.4, 0.5) is 0 Å². The van der Waals surface area contributed by atoms with E-state index in [-0.39, 0.29) is 5.92 Å². The van der Waals surface area contributed by atoms with Crippen LogP contribution in [0.2, 0.25) is 0 Å². The second-order valence-corrected chi connectivity index (χ2v) is 7.90. The predicted molar refractivity (Wildman–Crippen MR) is 89.0 cm³/mol. The molecule has 1 aromatic rings. The third kappa shape index (κ3) is 3.32. The molecule has 3 aliphatic rings. The van der Waals surface area contributed by atoms with Gasteiger partial charge in [0.15, 0.2) is 0 Å². The van der Waals surface area contributed by atoms with E-state index in [1.54, 1.807) is 0 Å². The zero-order chi connectivity index (χ0) is 16.0. The van der Waals surface area contributed by atoms with Gasteiger partial charge in [0.1, 0.15) is 11.5 Å². The molecule has 1 amide bonds. The Balaban J connectivity index is 1.43. The minimum absolute atomic E-state index is 0.185. The Bertz CT molecular complexity index is 578. The summed E-state index contributed by atoms with van der Waals surface area (Å²) in [4.78, 5) is 15.1. The van der Waals surface area contributed by atoms with E-state index in [1.807, 2.05) is 0 Å². The summed E-state index contributed by atoms with van der Waals surface area (Å²) in [6.07, 6.45) is 5.48. The summed E-state index contributed by atoms with van der Waals surface area (Å²) in [5, 5.41) is 3.44. The van der Waals surface area contributed by atoms with E-state index in [0.717, 1.165) is 49.7 Å². The molecule has 3 fully saturated rings. The lowest BCUT2D eigenvalue weighted by Crippen LogP contribution is -2.44. The average Bonchev–Trinajstić information content (AvgIpc) is 3.45. The molecule has 0 aromatic carbocycles. The van der Waals surface area contributed by atoms with Crippen molar-refractivity contribution in [2.75, 3.05) is 6.54 Å². The van der Waals surface area contributed by atoms with Gasteiger partial charge in [0.2, 0.25) is 5.91 Å². The highest BCUT2D eigenvalue weighted by Crippen LogP contribution is 2.47. The minimum atomic E-state index is 0.185. The fourth-order valence-electron chi connectivity index (χ4n) is 3.93. The van der Waals surface area contributed by atoms with Gasteiger partial charge in [-0.15, -0.1) is 0 Å². The van der Waals surface area contributed by atoms with Crippen molar-refractivity contribution in [3.63, 3.8) is 0 Å². The van der Waals surface area contributed by atoms with Crippen molar-refractivity contribution in [3.05, 3.63) is 23.7 Å². The number of hydrogen-bond donors (Lipinski definition) is 1. The molecule has 2 saturated carbocycles. The molecule has 4 heteroatoms. The molecule has 4 nitrogen and oxygen atoms in total. The quantitative estimate of drug-likeness (QED) is 0.907. The molecule has 2 aliphatic carbocycles. The summed E-state index contributed by atoms with van der Waals surface area (Å²) in [6, 6.07) is 5.09. The van der Waals surface area contributed by atoms with Crippen LogP contribution in [0.25, 0.3) is 0 Å². The first-order chi connectivity index (χ1) is 11.1. The van der Waals surface area contributed by atoms with Gasteiger partial charge >= 0.3 is 0 Å². The van der Waals surface area contributed by atoms with Gasteiger partial charge in [-0.3, -0.25) is 4.79 Å². The average molecular weight is 316 g/mol. The van der Waals surface area contributed by atoms with Gasteiger partial charge < -0.3 is 14.6 Å². The van der Waals surface area contributed by atoms with E-state index >= 15 is 0 Å². The van der Waals surface area contributed by atoms with Gasteiger partial charge in [0, 0.05) is 23.9 Å². The highest BCUT2D eigenvalue weighted by molar-refractivity contribution is 5.79. The molecule has 2 heterocycles. The second-order valence-electron chi connectivity index (χ2n) is 7.90. The molecule has 126 valence electrons. The topological polar surface area (TPSA) is 45.5 Å². The fourth-order valence-corrected chi connectivity index (χ4v) is 3.93. The zero-order valence-corrected chi connectivity index (χ0v) is 14.3. The first-order valence-electron chi connectivity index (χ1n) is 9.24. The van der Waals surface area contributed by atoms with Gasteiger partial charge in [0.25, 0.3) is 0 Å². The van der Waals surface area contributed by atoms with Crippen LogP contribution in [0, 0.1) is 11.8 Å². The molecule has 4 rings (SSSR count). The lowest BCUT2D eigenvalue weighted by atomic mass is 9.92. The third-order valence-electron chi connectivity index (χ3n) is 5.73. The van der Waals surface area contributed by atoms with Crippen LogP contribution < -0.4 is 5.32 Å². The highest BCUT2D eigenvalue weighted by Gasteiger charge is 2.39. The molecule has 1 saturated heterocycles. The number of rotatable bonds is 5. The number of carbonyl (C=O) groups is 1. The maximum Gasteiger partial charge on any atom is 0.226 e. The van der Waals surface area contributed by atoms with Gasteiger partial charge in [-0.25, -0.2) is 0 Å². The van der Waals surface area contributed by atoms with Crippen LogP contribution in [0.15, 0.2) is 16.5 Å². The molecule has 1 aliphatic heterocycles. The first kappa shape index (κ1) is 15.3. The van der Waals surface area contributed by atoms with E-state index in [9.17, 15) is 4.79 Å². The van der Waals surface area contributed by atoms with Crippen LogP contribution in [0.5, 0.6) is 0 Å². The summed E-state index contributed by atoms with van der Waals surface area (Å²) < 4.78 is 6.04. The van der Waals surface area contributed by atoms with Crippen LogP contribution in [0.3, 0.4) is 0 Å². The van der Waals surface area contributed by atoms with E-state index < -0.39 is 0 Å². The fraction of sp³-hybridized carbons (Fsp3) is 0.737. The summed E-state index contributed by atoms with van der Waals surface area (Å²) in [5.74, 6) is 3.97. The molecular weight excluding hydrogens is 288 g/mol. The van der Waals surface area contributed by atoms with Gasteiger partial charge in [-0.1, -0.05) is 6.92 Å². The summed E-state index contributed by atoms with van der Waals surface area (Å²) in [6.45, 7) is 6.06. The van der Waals surface area contributed by atoms with Crippen molar-refractivity contribution in [3.8, 4) is 0 Å². The van der Waals surface area contributed by atoms with Gasteiger partial charge in [-0.2, -0.15) is 0 Å². The Morgan fingerprint density at radius 3 is 2.70 bits per heavy atom. The van der Waals surface area contributed by atoms with Crippen molar-refractivity contribution in [2.24, 2.45) is 11.8 Å². The standard InChI is InChI=1S/C19H28N2O2/c1-12-9-17(12)18-6-5-16(23-18)11-21(15-3-4-15)19(22)14-7-8-20-13(2)10-14/h5-6,12-15,17,20H,3-4,7-11H2,1-2H3/t12?,13-,14-,17?/m0/s1. The van der Waals surface area contributed by atoms with Crippen molar-refractivity contribution in [1.29, 1.82) is 0 Å². The first-order valence-corrected chi connectivity index (χ1v) is 9.24. The molecular formula is C19H28N2O2. The normalized spacial score (nSPS) is 33.5. The lowest BCUT2D eigenvalue weighted by Gasteiger charge is -2.32. The van der Waals surface area contributed by atoms with Crippen molar-refractivity contribution in [1.82, 2.24) is 10.2 Å². The number of carbonyl (C=O) groups excluding carboxylic acids is 1. The Kier molecular flexibility index (Phi) is 3.96. The Labute approximate surface area is 138 Å². The van der Waals surface area contributed by atoms with E-state index in [4.69, 9.17) is 4.42 Å². The van der Waals surface area contributed by atoms with Crippen LogP contribution in [-0.2, 0) is 11.3 Å². The molecule has 0 bridgehead atoms. The molecule has 1 aromatic heterocycles. The van der Waals surface area contributed by atoms with E-state index in [1.165, 1.54) is 6.42 Å². The van der Waals surface area contributed by atoms with Crippen LogP contribution in [0.1, 0.15) is 63.4 Å². The molecule has 4 atom stereocenters. The SMILES string of the molecule is CC1CC1c1ccc(CN(C(=O)[C@H]2CCN[C@@H](C)C2)C2CC2)o1. The van der Waals surface area contributed by atoms with Crippen LogP contribution in [-0.4, -0.2) is 29.4 Å². The van der Waals surface area contributed by atoms with Gasteiger partial charge in [-0.05, 0) is 63.6 Å². The van der Waals surface area contributed by atoms with E-state index in [2.05, 4.69) is 36.2 Å². The smallest absolute Gasteiger partial charge is 0.226 e. The predicted octanol–water partition coefficient (Wildman–Crippen LogP) is 3.28. The Morgan fingerprint density at radius 2 is 2.04 bits per heavy atom. The summed E-state index contributed by atoms with van der Waals surface area (Å²) >= 11 is 0. The summed E-state index contributed by atoms with van der Waals surface area (Å²) in [5.41, 5.74) is 0.